The van der Waals surface area contributed by atoms with Gasteiger partial charge in [0.15, 0.2) is 0 Å². The third-order valence-corrected chi connectivity index (χ3v) is 3.93. The topological polar surface area (TPSA) is 12.0 Å². The Balaban J connectivity index is 2.05. The van der Waals surface area contributed by atoms with Gasteiger partial charge in [0.05, 0.1) is 0 Å². The summed E-state index contributed by atoms with van der Waals surface area (Å²) in [6, 6.07) is 9.10. The molecule has 0 amide bonds. The second-order valence-corrected chi connectivity index (χ2v) is 6.84. The van der Waals surface area contributed by atoms with Crippen molar-refractivity contribution in [2.24, 2.45) is 11.8 Å². The minimum atomic E-state index is 0.597. The van der Waals surface area contributed by atoms with Crippen LogP contribution in [-0.4, -0.2) is 13.1 Å². The lowest BCUT2D eigenvalue weighted by Gasteiger charge is -2.14. The molecule has 1 N–H and O–H groups in total. The van der Waals surface area contributed by atoms with E-state index in [0.717, 1.165) is 19.0 Å². The summed E-state index contributed by atoms with van der Waals surface area (Å²) in [6.45, 7) is 11.2. The van der Waals surface area contributed by atoms with E-state index in [4.69, 9.17) is 0 Å². The SMILES string of the molecule is CC(C)CNC/C(=C/c1cccc(C2CC2)c1)C(C)C. The van der Waals surface area contributed by atoms with Crippen molar-refractivity contribution in [3.63, 3.8) is 0 Å². The zero-order chi connectivity index (χ0) is 14.5. The quantitative estimate of drug-likeness (QED) is 0.747. The van der Waals surface area contributed by atoms with E-state index in [-0.39, 0.29) is 0 Å². The van der Waals surface area contributed by atoms with Gasteiger partial charge in [0.1, 0.15) is 0 Å². The van der Waals surface area contributed by atoms with Crippen molar-refractivity contribution in [2.45, 2.75) is 46.5 Å². The Bertz CT molecular complexity index is 453. The normalized spacial score (nSPS) is 16.2. The maximum Gasteiger partial charge on any atom is 0.0170 e. The van der Waals surface area contributed by atoms with E-state index in [1.807, 2.05) is 0 Å². The molecule has 110 valence electrons. The van der Waals surface area contributed by atoms with Crippen LogP contribution < -0.4 is 5.32 Å². The van der Waals surface area contributed by atoms with Crippen molar-refractivity contribution in [3.8, 4) is 0 Å². The smallest absolute Gasteiger partial charge is 0.0170 e. The van der Waals surface area contributed by atoms with Gasteiger partial charge < -0.3 is 5.32 Å². The van der Waals surface area contributed by atoms with Gasteiger partial charge >= 0.3 is 0 Å². The van der Waals surface area contributed by atoms with Gasteiger partial charge in [-0.3, -0.25) is 0 Å². The zero-order valence-corrected chi connectivity index (χ0v) is 13.4. The van der Waals surface area contributed by atoms with E-state index < -0.39 is 0 Å². The highest BCUT2D eigenvalue weighted by molar-refractivity contribution is 5.55. The number of rotatable bonds is 7. The molecule has 1 nitrogen and oxygen atoms in total. The predicted octanol–water partition coefficient (Wildman–Crippen LogP) is 4.85. The Morgan fingerprint density at radius 3 is 2.60 bits per heavy atom. The molecule has 0 atom stereocenters. The van der Waals surface area contributed by atoms with Crippen molar-refractivity contribution in [3.05, 3.63) is 41.0 Å². The van der Waals surface area contributed by atoms with Crippen LogP contribution >= 0.6 is 0 Å². The monoisotopic (exact) mass is 271 g/mol. The van der Waals surface area contributed by atoms with Crippen LogP contribution in [-0.2, 0) is 0 Å². The summed E-state index contributed by atoms with van der Waals surface area (Å²) in [7, 11) is 0. The molecule has 2 rings (SSSR count). The highest BCUT2D eigenvalue weighted by atomic mass is 14.9. The molecular formula is C19H29N. The summed E-state index contributed by atoms with van der Waals surface area (Å²) in [5.74, 6) is 2.14. The minimum absolute atomic E-state index is 0.597. The fraction of sp³-hybridized carbons (Fsp3) is 0.579. The lowest BCUT2D eigenvalue weighted by Crippen LogP contribution is -2.23. The molecule has 1 heteroatoms. The number of nitrogens with one attached hydrogen (secondary N) is 1. The molecule has 0 aromatic heterocycles. The Labute approximate surface area is 124 Å². The van der Waals surface area contributed by atoms with Gasteiger partial charge in [-0.2, -0.15) is 0 Å². The summed E-state index contributed by atoms with van der Waals surface area (Å²) in [6.07, 6.45) is 5.13. The first-order valence-electron chi connectivity index (χ1n) is 8.07. The van der Waals surface area contributed by atoms with E-state index in [1.165, 1.54) is 29.5 Å². The van der Waals surface area contributed by atoms with E-state index in [2.05, 4.69) is 63.4 Å². The van der Waals surface area contributed by atoms with Crippen molar-refractivity contribution >= 4 is 6.08 Å². The molecule has 0 heterocycles. The number of hydrogen-bond acceptors (Lipinski definition) is 1. The Kier molecular flexibility index (Phi) is 5.42. The van der Waals surface area contributed by atoms with E-state index in [0.29, 0.717) is 11.8 Å². The van der Waals surface area contributed by atoms with Crippen molar-refractivity contribution < 1.29 is 0 Å². The van der Waals surface area contributed by atoms with Crippen LogP contribution in [0.25, 0.3) is 6.08 Å². The van der Waals surface area contributed by atoms with Gasteiger partial charge in [0.25, 0.3) is 0 Å². The minimum Gasteiger partial charge on any atom is -0.313 e. The van der Waals surface area contributed by atoms with Crippen molar-refractivity contribution in [2.75, 3.05) is 13.1 Å². The molecule has 1 aromatic rings. The fourth-order valence-electron chi connectivity index (χ4n) is 2.46. The molecule has 1 fully saturated rings. The van der Waals surface area contributed by atoms with Crippen LogP contribution in [0.1, 0.15) is 57.6 Å². The fourth-order valence-corrected chi connectivity index (χ4v) is 2.46. The van der Waals surface area contributed by atoms with Crippen molar-refractivity contribution in [1.82, 2.24) is 5.32 Å². The second kappa shape index (κ2) is 7.08. The summed E-state index contributed by atoms with van der Waals surface area (Å²) < 4.78 is 0. The first-order valence-corrected chi connectivity index (χ1v) is 8.07. The molecule has 20 heavy (non-hydrogen) atoms. The van der Waals surface area contributed by atoms with Crippen LogP contribution in [0, 0.1) is 11.8 Å². The average Bonchev–Trinajstić information content (AvgIpc) is 3.21. The Morgan fingerprint density at radius 2 is 2.00 bits per heavy atom. The predicted molar refractivity (Wildman–Crippen MR) is 88.9 cm³/mol. The van der Waals surface area contributed by atoms with E-state index in [9.17, 15) is 0 Å². The summed E-state index contributed by atoms with van der Waals surface area (Å²) in [5.41, 5.74) is 4.39. The van der Waals surface area contributed by atoms with Crippen molar-refractivity contribution in [1.29, 1.82) is 0 Å². The third-order valence-electron chi connectivity index (χ3n) is 3.93. The van der Waals surface area contributed by atoms with Gasteiger partial charge in [-0.15, -0.1) is 0 Å². The zero-order valence-electron chi connectivity index (χ0n) is 13.4. The molecule has 1 aromatic carbocycles. The lowest BCUT2D eigenvalue weighted by molar-refractivity contribution is 0.558. The highest BCUT2D eigenvalue weighted by Gasteiger charge is 2.23. The molecular weight excluding hydrogens is 242 g/mol. The third kappa shape index (κ3) is 4.79. The lowest BCUT2D eigenvalue weighted by atomic mass is 9.98. The molecule has 0 spiro atoms. The highest BCUT2D eigenvalue weighted by Crippen LogP contribution is 2.40. The first kappa shape index (κ1) is 15.3. The van der Waals surface area contributed by atoms with Gasteiger partial charge in [-0.1, -0.05) is 63.6 Å². The van der Waals surface area contributed by atoms with Gasteiger partial charge in [0, 0.05) is 6.54 Å². The van der Waals surface area contributed by atoms with E-state index >= 15 is 0 Å². The van der Waals surface area contributed by atoms with Crippen LogP contribution in [0.15, 0.2) is 29.8 Å². The van der Waals surface area contributed by atoms with Crippen LogP contribution in [0.4, 0.5) is 0 Å². The van der Waals surface area contributed by atoms with E-state index in [1.54, 1.807) is 0 Å². The Morgan fingerprint density at radius 1 is 1.25 bits per heavy atom. The molecule has 0 unspecified atom stereocenters. The summed E-state index contributed by atoms with van der Waals surface area (Å²) >= 11 is 0. The van der Waals surface area contributed by atoms with Crippen LogP contribution in [0.5, 0.6) is 0 Å². The maximum absolute atomic E-state index is 3.57. The average molecular weight is 271 g/mol. The Hall–Kier alpha value is -1.08. The standard InChI is InChI=1S/C19H29N/c1-14(2)12-20-13-19(15(3)4)11-16-6-5-7-18(10-16)17-8-9-17/h5-7,10-11,14-15,17,20H,8-9,12-13H2,1-4H3/b19-11-. The largest absolute Gasteiger partial charge is 0.313 e. The molecule has 1 aliphatic rings. The maximum atomic E-state index is 3.57. The molecule has 0 radical (unpaired) electrons. The molecule has 0 aliphatic heterocycles. The second-order valence-electron chi connectivity index (χ2n) is 6.84. The molecule has 0 saturated heterocycles. The molecule has 1 saturated carbocycles. The number of hydrogen-bond donors (Lipinski definition) is 1. The van der Waals surface area contributed by atoms with Gasteiger partial charge in [-0.25, -0.2) is 0 Å². The number of benzene rings is 1. The van der Waals surface area contributed by atoms with Gasteiger partial charge in [-0.05, 0) is 48.3 Å². The van der Waals surface area contributed by atoms with Crippen LogP contribution in [0.3, 0.4) is 0 Å². The first-order chi connectivity index (χ1) is 9.56. The van der Waals surface area contributed by atoms with Gasteiger partial charge in [0.2, 0.25) is 0 Å². The summed E-state index contributed by atoms with van der Waals surface area (Å²) in [4.78, 5) is 0. The van der Waals surface area contributed by atoms with Crippen LogP contribution in [0.2, 0.25) is 0 Å². The molecule has 0 bridgehead atoms. The molecule has 1 aliphatic carbocycles. The summed E-state index contributed by atoms with van der Waals surface area (Å²) in [5, 5.41) is 3.57.